The molecule has 0 saturated heterocycles. The molecule has 0 heterocycles. The van der Waals surface area contributed by atoms with Crippen molar-refractivity contribution < 1.29 is 9.50 Å². The molecule has 0 amide bonds. The smallest absolute Gasteiger partial charge is 0.123 e. The first-order valence-corrected chi connectivity index (χ1v) is 6.87. The van der Waals surface area contributed by atoms with Crippen LogP contribution in [0.5, 0.6) is 0 Å². The Hall–Kier alpha value is -1.42. The summed E-state index contributed by atoms with van der Waals surface area (Å²) in [5.41, 5.74) is 1.67. The molecule has 20 heavy (non-hydrogen) atoms. The van der Waals surface area contributed by atoms with Crippen molar-refractivity contribution in [3.63, 3.8) is 0 Å². The van der Waals surface area contributed by atoms with E-state index in [0.29, 0.717) is 17.1 Å². The van der Waals surface area contributed by atoms with E-state index in [9.17, 15) is 9.50 Å². The third-order valence-corrected chi connectivity index (χ3v) is 3.60. The average molecular weight is 294 g/mol. The second-order valence-electron chi connectivity index (χ2n) is 4.72. The monoisotopic (exact) mass is 293 g/mol. The molecule has 0 saturated carbocycles. The van der Waals surface area contributed by atoms with Gasteiger partial charge in [-0.25, -0.2) is 4.39 Å². The third kappa shape index (κ3) is 3.79. The van der Waals surface area contributed by atoms with Crippen molar-refractivity contribution in [3.8, 4) is 0 Å². The van der Waals surface area contributed by atoms with E-state index in [-0.39, 0.29) is 11.9 Å². The van der Waals surface area contributed by atoms with E-state index in [1.165, 1.54) is 12.1 Å². The summed E-state index contributed by atoms with van der Waals surface area (Å²) in [5.74, 6) is -0.253. The lowest BCUT2D eigenvalue weighted by molar-refractivity contribution is 0.171. The Morgan fingerprint density at radius 3 is 2.45 bits per heavy atom. The van der Waals surface area contributed by atoms with E-state index >= 15 is 0 Å². The minimum atomic E-state index is -0.674. The Bertz CT molecular complexity index is 559. The predicted octanol–water partition coefficient (Wildman–Crippen LogP) is 3.86. The second kappa shape index (κ2) is 6.84. The first kappa shape index (κ1) is 15.0. The number of aliphatic hydroxyl groups excluding tert-OH is 1. The third-order valence-electron chi connectivity index (χ3n) is 3.25. The van der Waals surface area contributed by atoms with Crippen molar-refractivity contribution in [2.24, 2.45) is 0 Å². The van der Waals surface area contributed by atoms with E-state index < -0.39 is 6.10 Å². The molecular formula is C16H17ClFNO. The number of rotatable bonds is 5. The largest absolute Gasteiger partial charge is 0.387 e. The Labute approximate surface area is 123 Å². The highest BCUT2D eigenvalue weighted by atomic mass is 35.5. The summed E-state index contributed by atoms with van der Waals surface area (Å²) < 4.78 is 12.9. The highest BCUT2D eigenvalue weighted by molar-refractivity contribution is 6.31. The van der Waals surface area contributed by atoms with Crippen molar-refractivity contribution in [1.82, 2.24) is 5.32 Å². The molecule has 2 atom stereocenters. The number of halogens is 2. The van der Waals surface area contributed by atoms with Gasteiger partial charge in [-0.2, -0.15) is 0 Å². The molecule has 0 aromatic heterocycles. The van der Waals surface area contributed by atoms with Gasteiger partial charge in [0.1, 0.15) is 5.82 Å². The highest BCUT2D eigenvalue weighted by Crippen LogP contribution is 2.22. The Morgan fingerprint density at radius 1 is 1.15 bits per heavy atom. The minimum Gasteiger partial charge on any atom is -0.387 e. The first-order valence-electron chi connectivity index (χ1n) is 6.49. The topological polar surface area (TPSA) is 32.3 Å². The Morgan fingerprint density at radius 2 is 1.80 bits per heavy atom. The van der Waals surface area contributed by atoms with Crippen LogP contribution in [0.25, 0.3) is 0 Å². The molecule has 4 heteroatoms. The lowest BCUT2D eigenvalue weighted by Gasteiger charge is -2.18. The standard InChI is InChI=1S/C16H17ClFNO/c1-11(12-6-8-13(18)9-7-12)19-10-16(20)14-4-2-3-5-15(14)17/h2-9,11,16,19-20H,10H2,1H3/t11-,16?/m1/s1. The van der Waals surface area contributed by atoms with E-state index in [2.05, 4.69) is 5.32 Å². The zero-order valence-corrected chi connectivity index (χ0v) is 11.9. The molecule has 2 N–H and O–H groups in total. The molecule has 2 aromatic rings. The minimum absolute atomic E-state index is 0.0211. The van der Waals surface area contributed by atoms with Gasteiger partial charge in [0.25, 0.3) is 0 Å². The fourth-order valence-electron chi connectivity index (χ4n) is 2.01. The average Bonchev–Trinajstić information content (AvgIpc) is 2.45. The van der Waals surface area contributed by atoms with Crippen molar-refractivity contribution >= 4 is 11.6 Å². The number of nitrogens with one attached hydrogen (secondary N) is 1. The molecule has 2 rings (SSSR count). The molecule has 2 nitrogen and oxygen atoms in total. The zero-order valence-electron chi connectivity index (χ0n) is 11.2. The van der Waals surface area contributed by atoms with Gasteiger partial charge >= 0.3 is 0 Å². The van der Waals surface area contributed by atoms with Gasteiger partial charge in [0.2, 0.25) is 0 Å². The van der Waals surface area contributed by atoms with Crippen molar-refractivity contribution in [1.29, 1.82) is 0 Å². The maximum absolute atomic E-state index is 12.9. The fourth-order valence-corrected chi connectivity index (χ4v) is 2.27. The van der Waals surface area contributed by atoms with Gasteiger partial charge in [0.05, 0.1) is 6.10 Å². The van der Waals surface area contributed by atoms with Gasteiger partial charge in [-0.3, -0.25) is 0 Å². The quantitative estimate of drug-likeness (QED) is 0.877. The van der Waals surface area contributed by atoms with Crippen LogP contribution in [0.3, 0.4) is 0 Å². The summed E-state index contributed by atoms with van der Waals surface area (Å²) in [6.45, 7) is 2.34. The van der Waals surface area contributed by atoms with Crippen LogP contribution in [-0.4, -0.2) is 11.7 Å². The van der Waals surface area contributed by atoms with Crippen molar-refractivity contribution in [2.75, 3.05) is 6.54 Å². The van der Waals surface area contributed by atoms with Crippen LogP contribution in [0.2, 0.25) is 5.02 Å². The molecule has 0 aliphatic heterocycles. The SMILES string of the molecule is C[C@@H](NCC(O)c1ccccc1Cl)c1ccc(F)cc1. The normalized spacial score (nSPS) is 14.0. The summed E-state index contributed by atoms with van der Waals surface area (Å²) in [6, 6.07) is 13.6. The van der Waals surface area contributed by atoms with Crippen LogP contribution in [-0.2, 0) is 0 Å². The number of hydrogen-bond donors (Lipinski definition) is 2. The predicted molar refractivity (Wildman–Crippen MR) is 79.2 cm³/mol. The van der Waals surface area contributed by atoms with E-state index in [4.69, 9.17) is 11.6 Å². The summed E-state index contributed by atoms with van der Waals surface area (Å²) in [5, 5.41) is 13.9. The van der Waals surface area contributed by atoms with Gasteiger partial charge in [0.15, 0.2) is 0 Å². The van der Waals surface area contributed by atoms with Crippen LogP contribution in [0.1, 0.15) is 30.2 Å². The molecule has 106 valence electrons. The van der Waals surface area contributed by atoms with Gasteiger partial charge < -0.3 is 10.4 Å². The van der Waals surface area contributed by atoms with Gasteiger partial charge in [-0.15, -0.1) is 0 Å². The fraction of sp³-hybridized carbons (Fsp3) is 0.250. The molecule has 0 bridgehead atoms. The molecule has 0 aliphatic carbocycles. The maximum Gasteiger partial charge on any atom is 0.123 e. The molecule has 0 radical (unpaired) electrons. The molecule has 0 spiro atoms. The van der Waals surface area contributed by atoms with E-state index in [0.717, 1.165) is 5.56 Å². The summed E-state index contributed by atoms with van der Waals surface area (Å²) in [7, 11) is 0. The van der Waals surface area contributed by atoms with Crippen LogP contribution >= 0.6 is 11.6 Å². The highest BCUT2D eigenvalue weighted by Gasteiger charge is 2.13. The van der Waals surface area contributed by atoms with Gasteiger partial charge in [-0.05, 0) is 30.7 Å². The van der Waals surface area contributed by atoms with Crippen LogP contribution in [0, 0.1) is 5.82 Å². The lowest BCUT2D eigenvalue weighted by Crippen LogP contribution is -2.24. The van der Waals surface area contributed by atoms with Crippen LogP contribution < -0.4 is 5.32 Å². The lowest BCUT2D eigenvalue weighted by atomic mass is 10.1. The number of benzene rings is 2. The Balaban J connectivity index is 1.95. The first-order chi connectivity index (χ1) is 9.58. The van der Waals surface area contributed by atoms with Crippen LogP contribution in [0.15, 0.2) is 48.5 Å². The van der Waals surface area contributed by atoms with E-state index in [1.807, 2.05) is 19.1 Å². The molecule has 2 aromatic carbocycles. The number of aliphatic hydroxyl groups is 1. The number of hydrogen-bond acceptors (Lipinski definition) is 2. The Kier molecular flexibility index (Phi) is 5.12. The van der Waals surface area contributed by atoms with Crippen molar-refractivity contribution in [3.05, 3.63) is 70.5 Å². The summed E-state index contributed by atoms with van der Waals surface area (Å²) in [6.07, 6.45) is -0.674. The maximum atomic E-state index is 12.9. The van der Waals surface area contributed by atoms with Gasteiger partial charge in [0, 0.05) is 23.2 Å². The summed E-state index contributed by atoms with van der Waals surface area (Å²) >= 11 is 6.04. The van der Waals surface area contributed by atoms with Crippen LogP contribution in [0.4, 0.5) is 4.39 Å². The zero-order chi connectivity index (χ0) is 14.5. The van der Waals surface area contributed by atoms with E-state index in [1.54, 1.807) is 24.3 Å². The van der Waals surface area contributed by atoms with Crippen molar-refractivity contribution in [2.45, 2.75) is 19.1 Å². The molecule has 0 fully saturated rings. The molecule has 1 unspecified atom stereocenters. The molecular weight excluding hydrogens is 277 g/mol. The molecule has 0 aliphatic rings. The van der Waals surface area contributed by atoms with Gasteiger partial charge in [-0.1, -0.05) is 41.9 Å². The summed E-state index contributed by atoms with van der Waals surface area (Å²) in [4.78, 5) is 0. The second-order valence-corrected chi connectivity index (χ2v) is 5.13.